The molecular weight excluding hydrogens is 543 g/mol. The Morgan fingerprint density at radius 1 is 1.00 bits per heavy atom. The number of fused-ring (bicyclic) bond motifs is 3. The van der Waals surface area contributed by atoms with Gasteiger partial charge < -0.3 is 5.32 Å². The monoisotopic (exact) mass is 565 g/mol. The summed E-state index contributed by atoms with van der Waals surface area (Å²) in [6.45, 7) is 3.87. The van der Waals surface area contributed by atoms with Gasteiger partial charge in [-0.05, 0) is 84.1 Å². The van der Waals surface area contributed by atoms with Gasteiger partial charge in [0.25, 0.3) is 0 Å². The van der Waals surface area contributed by atoms with E-state index in [0.29, 0.717) is 0 Å². The molecule has 0 atom stereocenters. The molecule has 0 bridgehead atoms. The lowest BCUT2D eigenvalue weighted by Crippen LogP contribution is -2.23. The molecule has 5 rings (SSSR count). The number of nitrogens with zero attached hydrogens (tertiary/aromatic N) is 3. The van der Waals surface area contributed by atoms with Gasteiger partial charge in [-0.1, -0.05) is 36.4 Å². The average molecular weight is 566 g/mol. The highest BCUT2D eigenvalue weighted by Crippen LogP contribution is 2.37. The van der Waals surface area contributed by atoms with E-state index in [2.05, 4.69) is 19.4 Å². The van der Waals surface area contributed by atoms with Crippen molar-refractivity contribution < 1.29 is 18.0 Å². The zero-order valence-electron chi connectivity index (χ0n) is 20.8. The van der Waals surface area contributed by atoms with Crippen molar-refractivity contribution in [2.24, 2.45) is 4.40 Å². The maximum absolute atomic E-state index is 12.6. The molecule has 0 aliphatic rings. The molecule has 5 aromatic rings. The summed E-state index contributed by atoms with van der Waals surface area (Å²) >= 11 is 0.790. The Hall–Kier alpha value is -3.96. The summed E-state index contributed by atoms with van der Waals surface area (Å²) in [4.78, 5) is 16.9. The average Bonchev–Trinajstić information content (AvgIpc) is 3.33. The van der Waals surface area contributed by atoms with Crippen molar-refractivity contribution in [1.82, 2.24) is 14.3 Å². The van der Waals surface area contributed by atoms with Crippen molar-refractivity contribution in [2.75, 3.05) is 5.32 Å². The molecule has 0 saturated heterocycles. The van der Waals surface area contributed by atoms with E-state index in [1.165, 1.54) is 12.1 Å². The number of aryl methyl sites for hydroxylation is 2. The van der Waals surface area contributed by atoms with Crippen molar-refractivity contribution >= 4 is 63.6 Å². The van der Waals surface area contributed by atoms with Crippen LogP contribution in [0.5, 0.6) is 0 Å². The Morgan fingerprint density at radius 2 is 1.74 bits per heavy atom. The standard InChI is InChI=1S/C28H22F3N5OS2/c1-17-4-3-5-18(2)25(17)34-27(37)35-39-33-15-19-6-12-23-20(14-19)7-13-24-26(23)32-16-36(24)21-8-10-22(11-9-21)38-28(29,30)31/h3-16H,1-2H3,(H2,34,35,37)/b33-15+. The highest BCUT2D eigenvalue weighted by molar-refractivity contribution is 8.00. The number of hydrogen-bond acceptors (Lipinski definition) is 5. The van der Waals surface area contributed by atoms with E-state index < -0.39 is 5.51 Å². The number of urea groups is 1. The minimum absolute atomic E-state index is 0.130. The van der Waals surface area contributed by atoms with E-state index in [9.17, 15) is 18.0 Å². The number of rotatable bonds is 6. The van der Waals surface area contributed by atoms with Crippen LogP contribution in [0.1, 0.15) is 16.7 Å². The van der Waals surface area contributed by atoms with E-state index in [0.717, 1.165) is 62.0 Å². The maximum atomic E-state index is 12.6. The molecule has 2 amide bonds. The summed E-state index contributed by atoms with van der Waals surface area (Å²) < 4.78 is 46.6. The fourth-order valence-corrected chi connectivity index (χ4v) is 5.13. The first-order chi connectivity index (χ1) is 18.7. The van der Waals surface area contributed by atoms with E-state index in [-0.39, 0.29) is 22.7 Å². The van der Waals surface area contributed by atoms with Gasteiger partial charge in [-0.25, -0.2) is 14.2 Å². The highest BCUT2D eigenvalue weighted by atomic mass is 32.2. The van der Waals surface area contributed by atoms with Gasteiger partial charge in [0.15, 0.2) is 0 Å². The number of anilines is 1. The number of carbonyl (C=O) groups excluding carboxylic acids is 1. The SMILES string of the molecule is Cc1cccc(C)c1NC(=O)NS/N=C/c1ccc2c(ccc3c2ncn3-c2ccc(SC(F)(F)F)cc2)c1. The van der Waals surface area contributed by atoms with Crippen LogP contribution < -0.4 is 10.0 Å². The summed E-state index contributed by atoms with van der Waals surface area (Å²) in [6.07, 6.45) is 3.32. The lowest BCUT2D eigenvalue weighted by Gasteiger charge is -2.10. The number of amides is 2. The minimum Gasteiger partial charge on any atom is -0.307 e. The van der Waals surface area contributed by atoms with Crippen LogP contribution in [-0.2, 0) is 0 Å². The van der Waals surface area contributed by atoms with Gasteiger partial charge in [-0.2, -0.15) is 13.2 Å². The number of alkyl halides is 3. The third-order valence-corrected chi connectivity index (χ3v) is 7.24. The Kier molecular flexibility index (Phi) is 7.53. The lowest BCUT2D eigenvalue weighted by molar-refractivity contribution is -0.0328. The van der Waals surface area contributed by atoms with Crippen LogP contribution in [0.3, 0.4) is 0 Å². The molecule has 2 N–H and O–H groups in total. The molecule has 0 saturated carbocycles. The first-order valence-corrected chi connectivity index (χ1v) is 13.4. The molecule has 0 aliphatic heterocycles. The number of aromatic nitrogens is 2. The number of para-hydroxylation sites is 1. The molecule has 198 valence electrons. The van der Waals surface area contributed by atoms with Gasteiger partial charge in [0.2, 0.25) is 0 Å². The third kappa shape index (κ3) is 6.21. The van der Waals surface area contributed by atoms with Gasteiger partial charge in [0, 0.05) is 27.9 Å². The second kappa shape index (κ2) is 11.0. The quantitative estimate of drug-likeness (QED) is 0.124. The van der Waals surface area contributed by atoms with Crippen LogP contribution in [0.15, 0.2) is 88.4 Å². The zero-order valence-corrected chi connectivity index (χ0v) is 22.4. The predicted molar refractivity (Wildman–Crippen MR) is 154 cm³/mol. The molecule has 0 fully saturated rings. The molecule has 0 aliphatic carbocycles. The summed E-state index contributed by atoms with van der Waals surface area (Å²) in [5, 5.41) is 4.74. The van der Waals surface area contributed by atoms with Gasteiger partial charge >= 0.3 is 11.5 Å². The van der Waals surface area contributed by atoms with E-state index in [1.807, 2.05) is 66.9 Å². The van der Waals surface area contributed by atoms with E-state index in [1.54, 1.807) is 24.7 Å². The number of thioether (sulfide) groups is 1. The predicted octanol–water partition coefficient (Wildman–Crippen LogP) is 8.21. The normalized spacial score (nSPS) is 11.9. The zero-order chi connectivity index (χ0) is 27.6. The Balaban J connectivity index is 1.27. The molecule has 0 unspecified atom stereocenters. The molecule has 1 aromatic heterocycles. The van der Waals surface area contributed by atoms with Crippen molar-refractivity contribution in [2.45, 2.75) is 24.3 Å². The summed E-state index contributed by atoms with van der Waals surface area (Å²) in [5.74, 6) is 0. The lowest BCUT2D eigenvalue weighted by atomic mass is 10.1. The second-order valence-corrected chi connectivity index (χ2v) is 10.5. The Labute approximate surface area is 231 Å². The smallest absolute Gasteiger partial charge is 0.307 e. The van der Waals surface area contributed by atoms with Crippen molar-refractivity contribution in [3.63, 3.8) is 0 Å². The summed E-state index contributed by atoms with van der Waals surface area (Å²) in [7, 11) is 0. The first-order valence-electron chi connectivity index (χ1n) is 11.8. The molecular formula is C28H22F3N5OS2. The Bertz CT molecular complexity index is 1680. The van der Waals surface area contributed by atoms with Crippen molar-refractivity contribution in [3.05, 3.63) is 95.8 Å². The number of nitrogens with one attached hydrogen (secondary N) is 2. The van der Waals surface area contributed by atoms with Crippen molar-refractivity contribution in [3.8, 4) is 5.69 Å². The van der Waals surface area contributed by atoms with Crippen LogP contribution in [0.25, 0.3) is 27.5 Å². The van der Waals surface area contributed by atoms with Gasteiger partial charge in [0.1, 0.15) is 6.33 Å². The van der Waals surface area contributed by atoms with Gasteiger partial charge in [-0.3, -0.25) is 9.29 Å². The van der Waals surface area contributed by atoms with Crippen LogP contribution in [-0.4, -0.2) is 27.3 Å². The van der Waals surface area contributed by atoms with E-state index in [4.69, 9.17) is 0 Å². The summed E-state index contributed by atoms with van der Waals surface area (Å²) in [5.41, 5.74) is 1.61. The van der Waals surface area contributed by atoms with Gasteiger partial charge in [0.05, 0.1) is 23.2 Å². The molecule has 0 spiro atoms. The summed E-state index contributed by atoms with van der Waals surface area (Å²) in [6, 6.07) is 21.4. The number of hydrogen-bond donors (Lipinski definition) is 2. The van der Waals surface area contributed by atoms with Crippen LogP contribution in [0, 0.1) is 13.8 Å². The molecule has 4 aromatic carbocycles. The number of halogens is 3. The van der Waals surface area contributed by atoms with Gasteiger partial charge in [-0.15, -0.1) is 0 Å². The minimum atomic E-state index is -4.32. The topological polar surface area (TPSA) is 71.3 Å². The van der Waals surface area contributed by atoms with Crippen LogP contribution in [0.4, 0.5) is 23.7 Å². The second-order valence-electron chi connectivity index (χ2n) is 8.72. The molecule has 1 heterocycles. The first kappa shape index (κ1) is 26.6. The number of benzene rings is 4. The number of imidazole rings is 1. The highest BCUT2D eigenvalue weighted by Gasteiger charge is 2.29. The fraction of sp³-hybridized carbons (Fsp3) is 0.107. The molecule has 39 heavy (non-hydrogen) atoms. The van der Waals surface area contributed by atoms with Crippen LogP contribution in [0.2, 0.25) is 0 Å². The molecule has 11 heteroatoms. The largest absolute Gasteiger partial charge is 0.446 e. The maximum Gasteiger partial charge on any atom is 0.446 e. The molecule has 6 nitrogen and oxygen atoms in total. The van der Waals surface area contributed by atoms with E-state index >= 15 is 0 Å². The third-order valence-electron chi connectivity index (χ3n) is 6.02. The Morgan fingerprint density at radius 3 is 2.46 bits per heavy atom. The fourth-order valence-electron chi connectivity index (χ4n) is 4.23. The van der Waals surface area contributed by atoms with Crippen molar-refractivity contribution in [1.29, 1.82) is 0 Å². The molecule has 0 radical (unpaired) electrons. The number of carbonyl (C=O) groups is 1. The van der Waals surface area contributed by atoms with Crippen LogP contribution >= 0.6 is 23.9 Å².